The van der Waals surface area contributed by atoms with E-state index in [1.807, 2.05) is 19.2 Å². The third kappa shape index (κ3) is 3.66. The topological polar surface area (TPSA) is 60.9 Å². The Balaban J connectivity index is 1.95. The molecule has 1 atom stereocenters. The van der Waals surface area contributed by atoms with Crippen LogP contribution in [-0.2, 0) is 11.2 Å². The van der Waals surface area contributed by atoms with Crippen molar-refractivity contribution in [2.45, 2.75) is 57.9 Å². The average molecular weight is 263 g/mol. The van der Waals surface area contributed by atoms with Crippen molar-refractivity contribution in [1.82, 2.24) is 9.78 Å². The number of carbonyl (C=O) groups is 1. The molecule has 1 fully saturated rings. The maximum atomic E-state index is 12.0. The van der Waals surface area contributed by atoms with Crippen molar-refractivity contribution < 1.29 is 4.79 Å². The largest absolute Gasteiger partial charge is 0.330 e. The van der Waals surface area contributed by atoms with Crippen LogP contribution in [0, 0.1) is 5.92 Å². The number of hydrogen-bond acceptors (Lipinski definition) is 3. The van der Waals surface area contributed by atoms with Crippen LogP contribution in [0.1, 0.15) is 57.2 Å². The molecule has 2 N–H and O–H groups in total. The number of nitrogens with zero attached hydrogens (tertiary/aromatic N) is 2. The highest BCUT2D eigenvalue weighted by molar-refractivity contribution is 5.83. The molecule has 106 valence electrons. The van der Waals surface area contributed by atoms with Gasteiger partial charge in [-0.25, -0.2) is 0 Å². The van der Waals surface area contributed by atoms with E-state index < -0.39 is 0 Å². The molecule has 1 aliphatic carbocycles. The molecule has 0 amide bonds. The standard InChI is InChI=1S/C15H25N3O/c1-2-12(11-16)15(19)10-13-8-9-18(17-13)14-6-4-3-5-7-14/h8-9,12,14H,2-7,10-11,16H2,1H3. The summed E-state index contributed by atoms with van der Waals surface area (Å²) in [5.41, 5.74) is 6.50. The van der Waals surface area contributed by atoms with E-state index in [2.05, 4.69) is 9.78 Å². The second kappa shape index (κ2) is 6.85. The second-order valence-corrected chi connectivity index (χ2v) is 5.56. The van der Waals surface area contributed by atoms with Crippen LogP contribution in [-0.4, -0.2) is 22.1 Å². The van der Waals surface area contributed by atoms with E-state index in [0.29, 0.717) is 19.0 Å². The van der Waals surface area contributed by atoms with Gasteiger partial charge in [-0.15, -0.1) is 0 Å². The van der Waals surface area contributed by atoms with Gasteiger partial charge in [0, 0.05) is 18.7 Å². The van der Waals surface area contributed by atoms with Crippen molar-refractivity contribution in [3.63, 3.8) is 0 Å². The highest BCUT2D eigenvalue weighted by Crippen LogP contribution is 2.27. The molecule has 0 bridgehead atoms. The molecule has 19 heavy (non-hydrogen) atoms. The predicted molar refractivity (Wildman–Crippen MR) is 75.9 cm³/mol. The van der Waals surface area contributed by atoms with Gasteiger partial charge < -0.3 is 5.73 Å². The van der Waals surface area contributed by atoms with Crippen molar-refractivity contribution in [3.8, 4) is 0 Å². The minimum absolute atomic E-state index is 0.0140. The summed E-state index contributed by atoms with van der Waals surface area (Å²) in [6.45, 7) is 2.45. The molecule has 2 rings (SSSR count). The minimum Gasteiger partial charge on any atom is -0.330 e. The van der Waals surface area contributed by atoms with Gasteiger partial charge in [0.2, 0.25) is 0 Å². The lowest BCUT2D eigenvalue weighted by molar-refractivity contribution is -0.122. The normalized spacial score (nSPS) is 18.4. The first-order valence-corrected chi connectivity index (χ1v) is 7.51. The van der Waals surface area contributed by atoms with Crippen LogP contribution < -0.4 is 5.73 Å². The minimum atomic E-state index is -0.0140. The fourth-order valence-corrected chi connectivity index (χ4v) is 2.87. The molecule has 0 spiro atoms. The maximum absolute atomic E-state index is 12.0. The van der Waals surface area contributed by atoms with E-state index >= 15 is 0 Å². The Kier molecular flexibility index (Phi) is 5.14. The molecule has 1 saturated carbocycles. The summed E-state index contributed by atoms with van der Waals surface area (Å²) < 4.78 is 2.06. The van der Waals surface area contributed by atoms with Crippen LogP contribution in [0.3, 0.4) is 0 Å². The van der Waals surface area contributed by atoms with Crippen LogP contribution in [0.15, 0.2) is 12.3 Å². The molecule has 4 heteroatoms. The fraction of sp³-hybridized carbons (Fsp3) is 0.733. The zero-order valence-electron chi connectivity index (χ0n) is 11.8. The molecule has 1 aliphatic rings. The van der Waals surface area contributed by atoms with E-state index in [1.165, 1.54) is 32.1 Å². The molecule has 1 aromatic heterocycles. The second-order valence-electron chi connectivity index (χ2n) is 5.56. The van der Waals surface area contributed by atoms with Crippen LogP contribution in [0.5, 0.6) is 0 Å². The maximum Gasteiger partial charge on any atom is 0.143 e. The van der Waals surface area contributed by atoms with Gasteiger partial charge in [-0.3, -0.25) is 9.48 Å². The van der Waals surface area contributed by atoms with Gasteiger partial charge in [0.05, 0.1) is 18.2 Å². The molecule has 0 aliphatic heterocycles. The Hall–Kier alpha value is -1.16. The highest BCUT2D eigenvalue weighted by Gasteiger charge is 2.19. The van der Waals surface area contributed by atoms with Crippen LogP contribution in [0.2, 0.25) is 0 Å². The van der Waals surface area contributed by atoms with Crippen molar-refractivity contribution in [3.05, 3.63) is 18.0 Å². The number of carbonyl (C=O) groups excluding carboxylic acids is 1. The molecule has 1 aromatic rings. The number of ketones is 1. The lowest BCUT2D eigenvalue weighted by Crippen LogP contribution is -2.24. The molecule has 0 saturated heterocycles. The van der Waals surface area contributed by atoms with Crippen molar-refractivity contribution in [2.24, 2.45) is 11.7 Å². The molecule has 4 nitrogen and oxygen atoms in total. The van der Waals surface area contributed by atoms with Crippen molar-refractivity contribution >= 4 is 5.78 Å². The number of Topliss-reactive ketones (excluding diaryl/α,β-unsaturated/α-hetero) is 1. The molecular weight excluding hydrogens is 238 g/mol. The molecule has 0 radical (unpaired) electrons. The van der Waals surface area contributed by atoms with Gasteiger partial charge >= 0.3 is 0 Å². The summed E-state index contributed by atoms with van der Waals surface area (Å²) in [5, 5.41) is 4.58. The Labute approximate surface area is 115 Å². The van der Waals surface area contributed by atoms with Crippen molar-refractivity contribution in [1.29, 1.82) is 0 Å². The van der Waals surface area contributed by atoms with Crippen molar-refractivity contribution in [2.75, 3.05) is 6.54 Å². The first kappa shape index (κ1) is 14.3. The lowest BCUT2D eigenvalue weighted by Gasteiger charge is -2.21. The van der Waals surface area contributed by atoms with Crippen LogP contribution in [0.4, 0.5) is 0 Å². The smallest absolute Gasteiger partial charge is 0.143 e. The van der Waals surface area contributed by atoms with E-state index in [4.69, 9.17) is 5.73 Å². The summed E-state index contributed by atoms with van der Waals surface area (Å²) in [6, 6.07) is 2.52. The van der Waals surface area contributed by atoms with Gasteiger partial charge in [-0.1, -0.05) is 26.2 Å². The van der Waals surface area contributed by atoms with Crippen LogP contribution >= 0.6 is 0 Å². The highest BCUT2D eigenvalue weighted by atomic mass is 16.1. The van der Waals surface area contributed by atoms with Gasteiger partial charge in [0.25, 0.3) is 0 Å². The summed E-state index contributed by atoms with van der Waals surface area (Å²) in [4.78, 5) is 12.0. The molecule has 1 heterocycles. The molecular formula is C15H25N3O. The third-order valence-corrected chi connectivity index (χ3v) is 4.20. The zero-order chi connectivity index (χ0) is 13.7. The Morgan fingerprint density at radius 3 is 2.84 bits per heavy atom. The van der Waals surface area contributed by atoms with E-state index in [1.54, 1.807) is 0 Å². The first-order chi connectivity index (χ1) is 9.24. The Bertz CT molecular complexity index is 403. The van der Waals surface area contributed by atoms with E-state index in [0.717, 1.165) is 12.1 Å². The molecule has 0 aromatic carbocycles. The Morgan fingerprint density at radius 2 is 2.21 bits per heavy atom. The van der Waals surface area contributed by atoms with Gasteiger partial charge in [0.1, 0.15) is 5.78 Å². The number of hydrogen-bond donors (Lipinski definition) is 1. The van der Waals surface area contributed by atoms with E-state index in [9.17, 15) is 4.79 Å². The number of nitrogens with two attached hydrogens (primary N) is 1. The number of aromatic nitrogens is 2. The summed E-state index contributed by atoms with van der Waals surface area (Å²) >= 11 is 0. The van der Waals surface area contributed by atoms with Gasteiger partial charge in [-0.2, -0.15) is 5.10 Å². The third-order valence-electron chi connectivity index (χ3n) is 4.20. The summed E-state index contributed by atoms with van der Waals surface area (Å²) in [7, 11) is 0. The SMILES string of the molecule is CCC(CN)C(=O)Cc1ccn(C2CCCCC2)n1. The first-order valence-electron chi connectivity index (χ1n) is 7.51. The quantitative estimate of drug-likeness (QED) is 0.857. The zero-order valence-corrected chi connectivity index (χ0v) is 11.8. The van der Waals surface area contributed by atoms with Gasteiger partial charge in [-0.05, 0) is 25.3 Å². The van der Waals surface area contributed by atoms with Crippen LogP contribution in [0.25, 0.3) is 0 Å². The fourth-order valence-electron chi connectivity index (χ4n) is 2.87. The predicted octanol–water partition coefficient (Wildman–Crippen LogP) is 2.48. The Morgan fingerprint density at radius 1 is 1.47 bits per heavy atom. The summed E-state index contributed by atoms with van der Waals surface area (Å²) in [5.74, 6) is 0.207. The monoisotopic (exact) mass is 263 g/mol. The van der Waals surface area contributed by atoms with Gasteiger partial charge in [0.15, 0.2) is 0 Å². The lowest BCUT2D eigenvalue weighted by atomic mass is 9.96. The molecule has 1 unspecified atom stereocenters. The van der Waals surface area contributed by atoms with E-state index in [-0.39, 0.29) is 11.7 Å². The number of rotatable bonds is 6. The summed E-state index contributed by atoms with van der Waals surface area (Å²) in [6.07, 6.45) is 9.65. The average Bonchev–Trinajstić information content (AvgIpc) is 2.89.